The number of halogens is 1. The molecule has 0 N–H and O–H groups in total. The van der Waals surface area contributed by atoms with Gasteiger partial charge in [-0.1, -0.05) is 0 Å². The SMILES string of the molecule is CC(C)(C)OC(=O)N1C2COCC1CC(C(=O)CCOc1ccc(F)cc1)C2. The van der Waals surface area contributed by atoms with Crippen LogP contribution in [0.15, 0.2) is 24.3 Å². The highest BCUT2D eigenvalue weighted by molar-refractivity contribution is 5.82. The van der Waals surface area contributed by atoms with Gasteiger partial charge >= 0.3 is 6.09 Å². The number of hydrogen-bond acceptors (Lipinski definition) is 5. The van der Waals surface area contributed by atoms with Gasteiger partial charge in [0.05, 0.1) is 31.9 Å². The summed E-state index contributed by atoms with van der Waals surface area (Å²) in [7, 11) is 0. The number of hydrogen-bond donors (Lipinski definition) is 0. The largest absolute Gasteiger partial charge is 0.493 e. The number of amides is 1. The van der Waals surface area contributed by atoms with Crippen molar-refractivity contribution in [3.63, 3.8) is 0 Å². The number of carbonyl (C=O) groups excluding carboxylic acids is 2. The molecule has 2 fully saturated rings. The zero-order valence-electron chi connectivity index (χ0n) is 16.7. The van der Waals surface area contributed by atoms with Crippen LogP contribution in [0.1, 0.15) is 40.0 Å². The van der Waals surface area contributed by atoms with Crippen molar-refractivity contribution in [3.8, 4) is 5.75 Å². The number of nitrogens with zero attached hydrogens (tertiary/aromatic N) is 1. The summed E-state index contributed by atoms with van der Waals surface area (Å²) in [5.41, 5.74) is -0.559. The molecule has 154 valence electrons. The zero-order chi connectivity index (χ0) is 20.3. The summed E-state index contributed by atoms with van der Waals surface area (Å²) < 4.78 is 29.6. The number of benzene rings is 1. The van der Waals surface area contributed by atoms with Crippen LogP contribution >= 0.6 is 0 Å². The van der Waals surface area contributed by atoms with Gasteiger partial charge in [0.2, 0.25) is 0 Å². The minimum Gasteiger partial charge on any atom is -0.493 e. The fraction of sp³-hybridized carbons (Fsp3) is 0.619. The topological polar surface area (TPSA) is 65.1 Å². The lowest BCUT2D eigenvalue weighted by Crippen LogP contribution is -2.60. The van der Waals surface area contributed by atoms with Gasteiger partial charge in [0, 0.05) is 12.3 Å². The molecule has 2 aliphatic rings. The molecular weight excluding hydrogens is 365 g/mol. The number of carbonyl (C=O) groups is 2. The summed E-state index contributed by atoms with van der Waals surface area (Å²) in [5, 5.41) is 0. The van der Waals surface area contributed by atoms with Gasteiger partial charge in [-0.2, -0.15) is 0 Å². The van der Waals surface area contributed by atoms with Gasteiger partial charge in [0.15, 0.2) is 0 Å². The third kappa shape index (κ3) is 5.22. The first kappa shape index (κ1) is 20.6. The van der Waals surface area contributed by atoms with E-state index in [4.69, 9.17) is 14.2 Å². The third-order valence-electron chi connectivity index (χ3n) is 5.01. The summed E-state index contributed by atoms with van der Waals surface area (Å²) >= 11 is 0. The van der Waals surface area contributed by atoms with E-state index in [1.807, 2.05) is 20.8 Å². The maximum atomic E-state index is 12.9. The predicted molar refractivity (Wildman–Crippen MR) is 101 cm³/mol. The van der Waals surface area contributed by atoms with Crippen molar-refractivity contribution in [3.05, 3.63) is 30.1 Å². The van der Waals surface area contributed by atoms with E-state index in [0.29, 0.717) is 31.8 Å². The van der Waals surface area contributed by atoms with Crippen molar-refractivity contribution >= 4 is 11.9 Å². The summed E-state index contributed by atoms with van der Waals surface area (Å²) in [6.07, 6.45) is 1.10. The van der Waals surface area contributed by atoms with E-state index in [1.165, 1.54) is 12.1 Å². The molecule has 1 aromatic carbocycles. The normalized spacial score (nSPS) is 24.6. The Balaban J connectivity index is 1.53. The fourth-order valence-electron chi connectivity index (χ4n) is 3.80. The Labute approximate surface area is 164 Å². The number of rotatable bonds is 5. The van der Waals surface area contributed by atoms with Crippen molar-refractivity contribution in [2.45, 2.75) is 57.7 Å². The average molecular weight is 393 g/mol. The second-order valence-corrected chi connectivity index (χ2v) is 8.42. The smallest absolute Gasteiger partial charge is 0.410 e. The molecular formula is C21H28FNO5. The molecule has 7 heteroatoms. The van der Waals surface area contributed by atoms with Crippen molar-refractivity contribution in [2.75, 3.05) is 19.8 Å². The minimum absolute atomic E-state index is 0.116. The highest BCUT2D eigenvalue weighted by atomic mass is 19.1. The van der Waals surface area contributed by atoms with Crippen LogP contribution in [-0.4, -0.2) is 54.3 Å². The molecule has 2 aliphatic heterocycles. The van der Waals surface area contributed by atoms with Crippen LogP contribution in [0.4, 0.5) is 9.18 Å². The molecule has 2 unspecified atom stereocenters. The molecule has 0 saturated carbocycles. The number of morpholine rings is 1. The molecule has 28 heavy (non-hydrogen) atoms. The van der Waals surface area contributed by atoms with Crippen LogP contribution < -0.4 is 4.74 Å². The highest BCUT2D eigenvalue weighted by Crippen LogP contribution is 2.34. The van der Waals surface area contributed by atoms with Crippen molar-refractivity contribution in [2.24, 2.45) is 5.92 Å². The van der Waals surface area contributed by atoms with E-state index in [1.54, 1.807) is 17.0 Å². The number of ketones is 1. The van der Waals surface area contributed by atoms with E-state index in [9.17, 15) is 14.0 Å². The van der Waals surface area contributed by atoms with Crippen LogP contribution in [0.25, 0.3) is 0 Å². The van der Waals surface area contributed by atoms with Crippen LogP contribution in [-0.2, 0) is 14.3 Å². The Morgan fingerprint density at radius 1 is 1.14 bits per heavy atom. The molecule has 1 amide bonds. The number of piperidine rings is 1. The molecule has 2 atom stereocenters. The van der Waals surface area contributed by atoms with Gasteiger partial charge in [-0.15, -0.1) is 0 Å². The lowest BCUT2D eigenvalue weighted by Gasteiger charge is -2.47. The Bertz CT molecular complexity index is 686. The predicted octanol–water partition coefficient (Wildman–Crippen LogP) is 3.58. The van der Waals surface area contributed by atoms with E-state index < -0.39 is 5.60 Å². The maximum absolute atomic E-state index is 12.9. The first-order chi connectivity index (χ1) is 13.2. The van der Waals surface area contributed by atoms with Gasteiger partial charge in [0.25, 0.3) is 0 Å². The zero-order valence-corrected chi connectivity index (χ0v) is 16.7. The molecule has 2 heterocycles. The molecule has 2 bridgehead atoms. The number of ether oxygens (including phenoxy) is 3. The second-order valence-electron chi connectivity index (χ2n) is 8.42. The lowest BCUT2D eigenvalue weighted by atomic mass is 9.82. The molecule has 0 radical (unpaired) electrons. The molecule has 0 aromatic heterocycles. The standard InChI is InChI=1S/C21H28FNO5/c1-21(2,3)28-20(25)23-16-10-14(11-17(23)13-26-12-16)19(24)8-9-27-18-6-4-15(22)5-7-18/h4-7,14,16-17H,8-13H2,1-3H3. The van der Waals surface area contributed by atoms with E-state index in [-0.39, 0.29) is 48.7 Å². The molecule has 0 aliphatic carbocycles. The summed E-state index contributed by atoms with van der Waals surface area (Å²) in [6.45, 7) is 6.62. The van der Waals surface area contributed by atoms with Crippen molar-refractivity contribution in [1.82, 2.24) is 4.90 Å². The highest BCUT2D eigenvalue weighted by Gasteiger charge is 2.44. The monoisotopic (exact) mass is 393 g/mol. The molecule has 6 nitrogen and oxygen atoms in total. The van der Waals surface area contributed by atoms with E-state index >= 15 is 0 Å². The van der Waals surface area contributed by atoms with Crippen molar-refractivity contribution < 1.29 is 28.2 Å². The van der Waals surface area contributed by atoms with Gasteiger partial charge < -0.3 is 14.2 Å². The second kappa shape index (κ2) is 8.47. The molecule has 2 saturated heterocycles. The van der Waals surface area contributed by atoms with Crippen LogP contribution in [0.3, 0.4) is 0 Å². The maximum Gasteiger partial charge on any atom is 0.410 e. The van der Waals surface area contributed by atoms with Gasteiger partial charge in [0.1, 0.15) is 23.0 Å². The van der Waals surface area contributed by atoms with E-state index in [0.717, 1.165) is 0 Å². The van der Waals surface area contributed by atoms with Crippen LogP contribution in [0.2, 0.25) is 0 Å². The average Bonchev–Trinajstić information content (AvgIpc) is 2.60. The van der Waals surface area contributed by atoms with E-state index in [2.05, 4.69) is 0 Å². The first-order valence-electron chi connectivity index (χ1n) is 9.73. The van der Waals surface area contributed by atoms with Crippen LogP contribution in [0.5, 0.6) is 5.75 Å². The molecule has 1 aromatic rings. The Morgan fingerprint density at radius 3 is 2.32 bits per heavy atom. The Kier molecular flexibility index (Phi) is 6.23. The van der Waals surface area contributed by atoms with Gasteiger partial charge in [-0.05, 0) is 57.9 Å². The van der Waals surface area contributed by atoms with Gasteiger partial charge in [-0.3, -0.25) is 9.69 Å². The number of Topliss-reactive ketones (excluding diaryl/α,β-unsaturated/α-hetero) is 1. The van der Waals surface area contributed by atoms with Crippen LogP contribution in [0, 0.1) is 11.7 Å². The number of fused-ring (bicyclic) bond motifs is 2. The first-order valence-corrected chi connectivity index (χ1v) is 9.73. The summed E-state index contributed by atoms with van der Waals surface area (Å²) in [6, 6.07) is 5.45. The lowest BCUT2D eigenvalue weighted by molar-refractivity contribution is -0.132. The quantitative estimate of drug-likeness (QED) is 0.765. The van der Waals surface area contributed by atoms with Gasteiger partial charge in [-0.25, -0.2) is 9.18 Å². The Hall–Kier alpha value is -2.15. The Morgan fingerprint density at radius 2 is 1.75 bits per heavy atom. The third-order valence-corrected chi connectivity index (χ3v) is 5.01. The summed E-state index contributed by atoms with van der Waals surface area (Å²) in [5.74, 6) is 0.227. The fourth-order valence-corrected chi connectivity index (χ4v) is 3.80. The summed E-state index contributed by atoms with van der Waals surface area (Å²) in [4.78, 5) is 27.0. The molecule has 0 spiro atoms. The minimum atomic E-state index is -0.559. The van der Waals surface area contributed by atoms with Crippen molar-refractivity contribution in [1.29, 1.82) is 0 Å². The molecule has 3 rings (SSSR count).